The normalized spacial score (nSPS) is 19.2. The molecule has 1 nitrogen and oxygen atoms in total. The molecule has 0 radical (unpaired) electrons. The fraction of sp³-hybridized carbons (Fsp3) is 0.500. The maximum Gasteiger partial charge on any atom is 0.0892 e. The Balaban J connectivity index is 2.35. The van der Waals surface area contributed by atoms with E-state index in [0.29, 0.717) is 6.10 Å². The Morgan fingerprint density at radius 3 is 1.39 bits per heavy atom. The number of hydrogen-bond acceptors (Lipinski definition) is 1. The van der Waals surface area contributed by atoms with Gasteiger partial charge in [0.1, 0.15) is 0 Å². The van der Waals surface area contributed by atoms with Crippen LogP contribution >= 0.6 is 0 Å². The van der Waals surface area contributed by atoms with Crippen molar-refractivity contribution >= 4 is 0 Å². The van der Waals surface area contributed by atoms with E-state index in [1.807, 2.05) is 0 Å². The molecule has 0 spiro atoms. The Labute approximate surface area is 254 Å². The Morgan fingerprint density at radius 2 is 0.951 bits per heavy atom. The van der Waals surface area contributed by atoms with Crippen LogP contribution in [0, 0.1) is 0 Å². The number of hydrogen-bond donors (Lipinski definition) is 0. The molecular formula is C40H60O. The van der Waals surface area contributed by atoms with E-state index in [-0.39, 0.29) is 5.60 Å². The van der Waals surface area contributed by atoms with E-state index in [9.17, 15) is 0 Å². The summed E-state index contributed by atoms with van der Waals surface area (Å²) >= 11 is 0. The lowest BCUT2D eigenvalue weighted by atomic mass is 10.0. The molecule has 1 heteroatoms. The van der Waals surface area contributed by atoms with Gasteiger partial charge in [-0.2, -0.15) is 0 Å². The van der Waals surface area contributed by atoms with Crippen molar-refractivity contribution in [3.05, 3.63) is 118 Å². The van der Waals surface area contributed by atoms with Gasteiger partial charge in [-0.25, -0.2) is 0 Å². The van der Waals surface area contributed by atoms with Crippen molar-refractivity contribution in [3.63, 3.8) is 0 Å². The highest BCUT2D eigenvalue weighted by atomic mass is 16.6. The Hall–Kier alpha value is -2.64. The average Bonchev–Trinajstić information content (AvgIpc) is 3.51. The minimum Gasteiger partial charge on any atom is -0.367 e. The van der Waals surface area contributed by atoms with Crippen LogP contribution in [0.2, 0.25) is 0 Å². The molecule has 0 aromatic heterocycles. The minimum absolute atomic E-state index is 0.112. The molecule has 1 atom stereocenters. The zero-order chi connectivity index (χ0) is 30.7. The predicted molar refractivity (Wildman–Crippen MR) is 185 cm³/mol. The Bertz CT molecular complexity index is 1100. The zero-order valence-corrected chi connectivity index (χ0v) is 28.1. The number of allylic oxidation sites excluding steroid dienone is 20. The van der Waals surface area contributed by atoms with E-state index >= 15 is 0 Å². The Kier molecular flexibility index (Phi) is 18.0. The van der Waals surface area contributed by atoms with Gasteiger partial charge >= 0.3 is 0 Å². The molecule has 1 unspecified atom stereocenters. The largest absolute Gasteiger partial charge is 0.367 e. The second-order valence-corrected chi connectivity index (χ2v) is 12.7. The van der Waals surface area contributed by atoms with Gasteiger partial charge in [-0.1, -0.05) is 118 Å². The van der Waals surface area contributed by atoms with Gasteiger partial charge in [-0.05, 0) is 121 Å². The molecule has 0 aliphatic carbocycles. The molecule has 1 heterocycles. The minimum atomic E-state index is 0.112. The summed E-state index contributed by atoms with van der Waals surface area (Å²) in [6.07, 6.45) is 38.3. The van der Waals surface area contributed by atoms with Crippen LogP contribution in [0.1, 0.15) is 121 Å². The molecule has 0 aromatic rings. The molecule has 1 fully saturated rings. The SMILES string of the molecule is CC(C)=CCCC(C)=CCCC(C)=CC=CC(C)=CC=CC=C(C)C=CC=C(C)CCC=C(C)CCC1OC1(C)C. The first-order valence-electron chi connectivity index (χ1n) is 15.7. The molecular weight excluding hydrogens is 496 g/mol. The summed E-state index contributed by atoms with van der Waals surface area (Å²) in [4.78, 5) is 0. The van der Waals surface area contributed by atoms with Crippen molar-refractivity contribution in [3.8, 4) is 0 Å². The van der Waals surface area contributed by atoms with Gasteiger partial charge in [-0.3, -0.25) is 0 Å². The first-order chi connectivity index (χ1) is 19.4. The third-order valence-electron chi connectivity index (χ3n) is 7.43. The van der Waals surface area contributed by atoms with Gasteiger partial charge in [0.2, 0.25) is 0 Å². The van der Waals surface area contributed by atoms with Gasteiger partial charge in [0.05, 0.1) is 11.7 Å². The average molecular weight is 557 g/mol. The molecule has 1 saturated heterocycles. The first kappa shape index (κ1) is 36.4. The van der Waals surface area contributed by atoms with Crippen molar-refractivity contribution in [1.29, 1.82) is 0 Å². The van der Waals surface area contributed by atoms with Crippen molar-refractivity contribution in [1.82, 2.24) is 0 Å². The van der Waals surface area contributed by atoms with Gasteiger partial charge in [0.15, 0.2) is 0 Å². The monoisotopic (exact) mass is 556 g/mol. The van der Waals surface area contributed by atoms with Crippen LogP contribution in [0.4, 0.5) is 0 Å². The van der Waals surface area contributed by atoms with E-state index in [1.54, 1.807) is 0 Å². The third-order valence-corrected chi connectivity index (χ3v) is 7.43. The zero-order valence-electron chi connectivity index (χ0n) is 28.1. The van der Waals surface area contributed by atoms with Crippen LogP contribution in [0.25, 0.3) is 0 Å². The van der Waals surface area contributed by atoms with Crippen LogP contribution in [0.5, 0.6) is 0 Å². The van der Waals surface area contributed by atoms with Crippen molar-refractivity contribution in [2.45, 2.75) is 132 Å². The lowest BCUT2D eigenvalue weighted by Crippen LogP contribution is -2.02. The molecule has 226 valence electrons. The summed E-state index contributed by atoms with van der Waals surface area (Å²) < 4.78 is 5.69. The molecule has 0 bridgehead atoms. The van der Waals surface area contributed by atoms with Gasteiger partial charge in [0.25, 0.3) is 0 Å². The maximum atomic E-state index is 5.69. The highest BCUT2D eigenvalue weighted by Gasteiger charge is 2.46. The third kappa shape index (κ3) is 20.0. The summed E-state index contributed by atoms with van der Waals surface area (Å²) in [5, 5.41) is 0. The van der Waals surface area contributed by atoms with Crippen molar-refractivity contribution < 1.29 is 4.74 Å². The van der Waals surface area contributed by atoms with Crippen LogP contribution in [-0.2, 0) is 4.74 Å². The molecule has 1 rings (SSSR count). The summed E-state index contributed by atoms with van der Waals surface area (Å²) in [7, 11) is 0. The van der Waals surface area contributed by atoms with Crippen molar-refractivity contribution in [2.24, 2.45) is 0 Å². The van der Waals surface area contributed by atoms with Crippen LogP contribution in [0.3, 0.4) is 0 Å². The van der Waals surface area contributed by atoms with Crippen LogP contribution < -0.4 is 0 Å². The summed E-state index contributed by atoms with van der Waals surface area (Å²) in [6.45, 7) is 21.9. The van der Waals surface area contributed by atoms with Crippen LogP contribution in [0.15, 0.2) is 118 Å². The predicted octanol–water partition coefficient (Wildman–Crippen LogP) is 12.6. The summed E-state index contributed by atoms with van der Waals surface area (Å²) in [5.41, 5.74) is 9.82. The lowest BCUT2D eigenvalue weighted by Gasteiger charge is -2.01. The number of ether oxygens (including phenoxy) is 1. The number of epoxide rings is 1. The Morgan fingerprint density at radius 1 is 0.537 bits per heavy atom. The number of rotatable bonds is 18. The van der Waals surface area contributed by atoms with E-state index in [1.165, 1.54) is 45.4 Å². The topological polar surface area (TPSA) is 12.5 Å². The maximum absolute atomic E-state index is 5.69. The molecule has 0 amide bonds. The van der Waals surface area contributed by atoms with E-state index in [2.05, 4.69) is 148 Å². The molecule has 1 aliphatic rings. The highest BCUT2D eigenvalue weighted by molar-refractivity contribution is 5.30. The fourth-order valence-electron chi connectivity index (χ4n) is 4.40. The quantitative estimate of drug-likeness (QED) is 0.0929. The van der Waals surface area contributed by atoms with E-state index in [4.69, 9.17) is 4.74 Å². The summed E-state index contributed by atoms with van der Waals surface area (Å²) in [5.74, 6) is 0. The molecule has 1 aliphatic heterocycles. The fourth-order valence-corrected chi connectivity index (χ4v) is 4.40. The van der Waals surface area contributed by atoms with Gasteiger partial charge in [-0.15, -0.1) is 0 Å². The summed E-state index contributed by atoms with van der Waals surface area (Å²) in [6, 6.07) is 0. The van der Waals surface area contributed by atoms with E-state index in [0.717, 1.165) is 44.9 Å². The smallest absolute Gasteiger partial charge is 0.0892 e. The van der Waals surface area contributed by atoms with Crippen LogP contribution in [-0.4, -0.2) is 11.7 Å². The first-order valence-corrected chi connectivity index (χ1v) is 15.7. The second-order valence-electron chi connectivity index (χ2n) is 12.7. The standard InChI is InChI=1S/C40H60O/c1-32(2)18-13-21-35(5)24-16-27-36(6)25-14-22-33(3)19-11-12-20-34(4)23-15-26-37(7)28-17-29-38(8)30-31-39-40(9,10)41-39/h11-12,14-15,18-20,22-26,29,39H,13,16-17,21,27-28,30-31H2,1-10H3. The molecule has 0 aromatic carbocycles. The molecule has 41 heavy (non-hydrogen) atoms. The highest BCUT2D eigenvalue weighted by Crippen LogP contribution is 2.38. The lowest BCUT2D eigenvalue weighted by molar-refractivity contribution is 0.320. The second kappa shape index (κ2) is 20.3. The van der Waals surface area contributed by atoms with E-state index < -0.39 is 0 Å². The van der Waals surface area contributed by atoms with Gasteiger partial charge in [0, 0.05) is 0 Å². The van der Waals surface area contributed by atoms with Gasteiger partial charge < -0.3 is 4.74 Å². The molecule has 0 saturated carbocycles. The van der Waals surface area contributed by atoms with Crippen molar-refractivity contribution in [2.75, 3.05) is 0 Å². The molecule has 0 N–H and O–H groups in total.